The molecule has 130 valence electrons. The fraction of sp³-hybridized carbons (Fsp3) is 0.263. The minimum atomic E-state index is -0.0964. The lowest BCUT2D eigenvalue weighted by Crippen LogP contribution is -2.38. The number of H-pyrrole nitrogens is 1. The molecule has 1 aromatic carbocycles. The van der Waals surface area contributed by atoms with E-state index in [1.807, 2.05) is 36.1 Å². The van der Waals surface area contributed by atoms with Gasteiger partial charge in [-0.1, -0.05) is 6.07 Å². The van der Waals surface area contributed by atoms with E-state index in [9.17, 15) is 4.79 Å². The van der Waals surface area contributed by atoms with Gasteiger partial charge in [-0.15, -0.1) is 0 Å². The Morgan fingerprint density at radius 3 is 2.76 bits per heavy atom. The molecule has 5 nitrogen and oxygen atoms in total. The van der Waals surface area contributed by atoms with Crippen LogP contribution >= 0.6 is 12.2 Å². The van der Waals surface area contributed by atoms with Crippen LogP contribution in [0.15, 0.2) is 45.8 Å². The second kappa shape index (κ2) is 7.11. The topological polar surface area (TPSA) is 61.3 Å². The van der Waals surface area contributed by atoms with Crippen molar-refractivity contribution in [3.8, 4) is 0 Å². The summed E-state index contributed by atoms with van der Waals surface area (Å²) >= 11 is 5.39. The van der Waals surface area contributed by atoms with Gasteiger partial charge in [0.2, 0.25) is 0 Å². The zero-order chi connectivity index (χ0) is 18.0. The van der Waals surface area contributed by atoms with Gasteiger partial charge in [0.25, 0.3) is 5.56 Å². The highest BCUT2D eigenvalue weighted by atomic mass is 32.1. The summed E-state index contributed by atoms with van der Waals surface area (Å²) in [6, 6.07) is 9.79. The number of pyridine rings is 1. The number of nitrogens with one attached hydrogen (secondary N) is 2. The summed E-state index contributed by atoms with van der Waals surface area (Å²) in [5.41, 5.74) is 3.70. The summed E-state index contributed by atoms with van der Waals surface area (Å²) in [6.07, 6.45) is 1.63. The van der Waals surface area contributed by atoms with Crippen molar-refractivity contribution in [1.82, 2.24) is 15.2 Å². The van der Waals surface area contributed by atoms with Gasteiger partial charge in [0.05, 0.1) is 19.4 Å². The molecule has 0 spiro atoms. The molecule has 3 aromatic rings. The van der Waals surface area contributed by atoms with Crippen LogP contribution in [0.4, 0.5) is 0 Å². The van der Waals surface area contributed by atoms with E-state index in [2.05, 4.69) is 23.3 Å². The molecule has 6 heteroatoms. The number of nitrogens with zero attached hydrogens (tertiary/aromatic N) is 1. The highest BCUT2D eigenvalue weighted by Crippen LogP contribution is 2.19. The molecule has 3 rings (SSSR count). The molecule has 0 atom stereocenters. The largest absolute Gasteiger partial charge is 0.467 e. The normalized spacial score (nSPS) is 10.8. The van der Waals surface area contributed by atoms with E-state index in [4.69, 9.17) is 16.6 Å². The molecule has 2 heterocycles. The van der Waals surface area contributed by atoms with Gasteiger partial charge in [-0.25, -0.2) is 0 Å². The number of aryl methyl sites for hydroxylation is 2. The highest BCUT2D eigenvalue weighted by Gasteiger charge is 2.14. The molecule has 0 unspecified atom stereocenters. The molecule has 0 aliphatic carbocycles. The van der Waals surface area contributed by atoms with Crippen molar-refractivity contribution in [2.75, 3.05) is 7.05 Å². The van der Waals surface area contributed by atoms with Crippen molar-refractivity contribution in [3.05, 3.63) is 69.4 Å². The number of fused-ring (bicyclic) bond motifs is 1. The van der Waals surface area contributed by atoms with E-state index in [0.717, 1.165) is 27.8 Å². The van der Waals surface area contributed by atoms with Gasteiger partial charge in [-0.05, 0) is 61.5 Å². The van der Waals surface area contributed by atoms with Gasteiger partial charge >= 0.3 is 0 Å². The maximum Gasteiger partial charge on any atom is 0.253 e. The van der Waals surface area contributed by atoms with Crippen LogP contribution in [0.3, 0.4) is 0 Å². The summed E-state index contributed by atoms with van der Waals surface area (Å²) in [4.78, 5) is 17.4. The number of aromatic amines is 1. The third-order valence-corrected chi connectivity index (χ3v) is 4.64. The number of furan rings is 1. The quantitative estimate of drug-likeness (QED) is 0.704. The van der Waals surface area contributed by atoms with Crippen molar-refractivity contribution in [1.29, 1.82) is 0 Å². The number of rotatable bonds is 4. The van der Waals surface area contributed by atoms with E-state index in [0.29, 0.717) is 23.8 Å². The molecule has 2 N–H and O–H groups in total. The molecule has 0 radical (unpaired) electrons. The van der Waals surface area contributed by atoms with Crippen molar-refractivity contribution in [3.63, 3.8) is 0 Å². The summed E-state index contributed by atoms with van der Waals surface area (Å²) in [6.45, 7) is 4.97. The van der Waals surface area contributed by atoms with Gasteiger partial charge in [0, 0.05) is 23.5 Å². The van der Waals surface area contributed by atoms with Gasteiger partial charge in [0.1, 0.15) is 5.76 Å². The van der Waals surface area contributed by atoms with E-state index in [1.165, 1.54) is 0 Å². The minimum absolute atomic E-state index is 0.0964. The molecule has 0 bridgehead atoms. The predicted octanol–water partition coefficient (Wildman–Crippen LogP) is 3.24. The van der Waals surface area contributed by atoms with Crippen LogP contribution in [-0.4, -0.2) is 22.0 Å². The smallest absolute Gasteiger partial charge is 0.253 e. The third kappa shape index (κ3) is 3.74. The monoisotopic (exact) mass is 355 g/mol. The van der Waals surface area contributed by atoms with Crippen LogP contribution in [0, 0.1) is 13.8 Å². The summed E-state index contributed by atoms with van der Waals surface area (Å²) in [7, 11) is 1.77. The zero-order valence-corrected chi connectivity index (χ0v) is 15.4. The molecule has 0 aliphatic heterocycles. The molecule has 0 saturated heterocycles. The second-order valence-corrected chi connectivity index (χ2v) is 6.54. The Morgan fingerprint density at radius 1 is 1.28 bits per heavy atom. The number of benzene rings is 1. The average Bonchev–Trinajstić information content (AvgIpc) is 3.07. The van der Waals surface area contributed by atoms with E-state index in [-0.39, 0.29) is 5.56 Å². The van der Waals surface area contributed by atoms with Crippen molar-refractivity contribution >= 4 is 28.2 Å². The van der Waals surface area contributed by atoms with Crippen molar-refractivity contribution in [2.24, 2.45) is 0 Å². The summed E-state index contributed by atoms with van der Waals surface area (Å²) in [5, 5.41) is 4.59. The summed E-state index contributed by atoms with van der Waals surface area (Å²) < 4.78 is 5.41. The molecular weight excluding hydrogens is 334 g/mol. The molecule has 0 aliphatic rings. The summed E-state index contributed by atoms with van der Waals surface area (Å²) in [5.74, 6) is 0.793. The molecule has 0 saturated carbocycles. The lowest BCUT2D eigenvalue weighted by atomic mass is 10.0. The predicted molar refractivity (Wildman–Crippen MR) is 104 cm³/mol. The van der Waals surface area contributed by atoms with Crippen LogP contribution in [0.5, 0.6) is 0 Å². The first-order valence-corrected chi connectivity index (χ1v) is 8.51. The number of hydrogen-bond donors (Lipinski definition) is 2. The Kier molecular flexibility index (Phi) is 4.90. The minimum Gasteiger partial charge on any atom is -0.467 e. The van der Waals surface area contributed by atoms with Crippen LogP contribution in [0.1, 0.15) is 22.5 Å². The fourth-order valence-corrected chi connectivity index (χ4v) is 3.12. The van der Waals surface area contributed by atoms with E-state index < -0.39 is 0 Å². The fourth-order valence-electron chi connectivity index (χ4n) is 2.99. The van der Waals surface area contributed by atoms with Crippen LogP contribution in [-0.2, 0) is 13.1 Å². The number of aromatic nitrogens is 1. The van der Waals surface area contributed by atoms with Crippen LogP contribution in [0.2, 0.25) is 0 Å². The first kappa shape index (κ1) is 17.2. The Balaban J connectivity index is 1.97. The van der Waals surface area contributed by atoms with Gasteiger partial charge in [0.15, 0.2) is 5.11 Å². The third-order valence-electron chi connectivity index (χ3n) is 4.18. The van der Waals surface area contributed by atoms with E-state index in [1.54, 1.807) is 13.3 Å². The SMILES string of the molecule is CNC(=S)N(Cc1ccco1)Cc1cc2c(C)cc(C)cc2[nH]c1=O. The standard InChI is InChI=1S/C19H21N3O2S/c1-12-7-13(2)16-9-14(18(23)21-17(16)8-12)10-22(19(25)20-3)11-15-5-4-6-24-15/h4-9H,10-11H2,1-3H3,(H,20,25)(H,21,23). The number of hydrogen-bond acceptors (Lipinski definition) is 3. The molecule has 0 amide bonds. The Labute approximate surface area is 151 Å². The molecule has 25 heavy (non-hydrogen) atoms. The first-order chi connectivity index (χ1) is 12.0. The lowest BCUT2D eigenvalue weighted by Gasteiger charge is -2.23. The molecule has 0 fully saturated rings. The Bertz CT molecular complexity index is 961. The Hall–Kier alpha value is -2.60. The van der Waals surface area contributed by atoms with Crippen LogP contribution < -0.4 is 10.9 Å². The Morgan fingerprint density at radius 2 is 2.08 bits per heavy atom. The molecular formula is C19H21N3O2S. The van der Waals surface area contributed by atoms with Crippen LogP contribution in [0.25, 0.3) is 10.9 Å². The van der Waals surface area contributed by atoms with Crippen molar-refractivity contribution < 1.29 is 4.42 Å². The maximum atomic E-state index is 12.5. The van der Waals surface area contributed by atoms with Gasteiger partial charge in [-0.2, -0.15) is 0 Å². The second-order valence-electron chi connectivity index (χ2n) is 6.16. The average molecular weight is 355 g/mol. The van der Waals surface area contributed by atoms with Crippen molar-refractivity contribution in [2.45, 2.75) is 26.9 Å². The maximum absolute atomic E-state index is 12.5. The first-order valence-electron chi connectivity index (χ1n) is 8.10. The van der Waals surface area contributed by atoms with Gasteiger partial charge < -0.3 is 19.6 Å². The zero-order valence-electron chi connectivity index (χ0n) is 14.6. The number of thiocarbonyl (C=S) groups is 1. The highest BCUT2D eigenvalue weighted by molar-refractivity contribution is 7.80. The lowest BCUT2D eigenvalue weighted by molar-refractivity contribution is 0.352. The molecule has 2 aromatic heterocycles. The van der Waals surface area contributed by atoms with Gasteiger partial charge in [-0.3, -0.25) is 4.79 Å². The van der Waals surface area contributed by atoms with E-state index >= 15 is 0 Å².